The van der Waals surface area contributed by atoms with Crippen LogP contribution in [-0.4, -0.2) is 22.5 Å². The van der Waals surface area contributed by atoms with Crippen molar-refractivity contribution < 1.29 is 13.9 Å². The molecule has 1 aliphatic rings. The summed E-state index contributed by atoms with van der Waals surface area (Å²) in [5, 5.41) is 9.31. The lowest BCUT2D eigenvalue weighted by Gasteiger charge is -2.35. The number of allylic oxidation sites excluding steroid dienone is 1. The standard InChI is InChI=1S/C14H15F2NO/c1-10(11-5-3-2-4-6-11)17-8-7-12(18)9-13(17)14(15)16/h2-10,13-14,18H,1H3/t10-,13-/m1/s1. The second-order valence-corrected chi connectivity index (χ2v) is 4.27. The molecule has 0 fully saturated rings. The van der Waals surface area contributed by atoms with Crippen molar-refractivity contribution in [3.05, 3.63) is 60.0 Å². The highest BCUT2D eigenvalue weighted by molar-refractivity contribution is 5.24. The number of aliphatic hydroxyl groups is 1. The maximum Gasteiger partial charge on any atom is 0.262 e. The summed E-state index contributed by atoms with van der Waals surface area (Å²) in [6.07, 6.45) is 1.59. The van der Waals surface area contributed by atoms with Crippen LogP contribution in [0.25, 0.3) is 0 Å². The molecule has 1 N–H and O–H groups in total. The van der Waals surface area contributed by atoms with E-state index in [1.165, 1.54) is 18.4 Å². The molecule has 4 heteroatoms. The fourth-order valence-electron chi connectivity index (χ4n) is 2.07. The van der Waals surface area contributed by atoms with Gasteiger partial charge in [0.15, 0.2) is 0 Å². The lowest BCUT2D eigenvalue weighted by molar-refractivity contribution is 0.0524. The number of alkyl halides is 2. The number of aliphatic hydroxyl groups excluding tert-OH is 1. The molecule has 0 spiro atoms. The zero-order chi connectivity index (χ0) is 13.1. The highest BCUT2D eigenvalue weighted by Crippen LogP contribution is 2.28. The van der Waals surface area contributed by atoms with E-state index in [4.69, 9.17) is 0 Å². The van der Waals surface area contributed by atoms with Gasteiger partial charge >= 0.3 is 0 Å². The van der Waals surface area contributed by atoms with Crippen LogP contribution < -0.4 is 0 Å². The average Bonchev–Trinajstić information content (AvgIpc) is 2.39. The van der Waals surface area contributed by atoms with E-state index in [0.29, 0.717) is 0 Å². The largest absolute Gasteiger partial charge is 0.508 e. The number of rotatable bonds is 3. The van der Waals surface area contributed by atoms with Crippen molar-refractivity contribution in [1.82, 2.24) is 4.90 Å². The van der Waals surface area contributed by atoms with Crippen molar-refractivity contribution in [2.24, 2.45) is 0 Å². The Morgan fingerprint density at radius 1 is 1.22 bits per heavy atom. The summed E-state index contributed by atoms with van der Waals surface area (Å²) in [6.45, 7) is 1.87. The van der Waals surface area contributed by atoms with E-state index in [9.17, 15) is 13.9 Å². The van der Waals surface area contributed by atoms with Gasteiger partial charge in [0.2, 0.25) is 0 Å². The van der Waals surface area contributed by atoms with E-state index in [-0.39, 0.29) is 11.8 Å². The van der Waals surface area contributed by atoms with Gasteiger partial charge in [-0.1, -0.05) is 30.3 Å². The first-order valence-corrected chi connectivity index (χ1v) is 5.79. The predicted octanol–water partition coefficient (Wildman–Crippen LogP) is 3.65. The van der Waals surface area contributed by atoms with Gasteiger partial charge in [0.1, 0.15) is 11.8 Å². The van der Waals surface area contributed by atoms with Crippen LogP contribution >= 0.6 is 0 Å². The van der Waals surface area contributed by atoms with Crippen LogP contribution in [0.3, 0.4) is 0 Å². The van der Waals surface area contributed by atoms with E-state index in [1.807, 2.05) is 37.3 Å². The van der Waals surface area contributed by atoms with E-state index in [1.54, 1.807) is 4.90 Å². The predicted molar refractivity (Wildman–Crippen MR) is 66.3 cm³/mol. The molecule has 18 heavy (non-hydrogen) atoms. The van der Waals surface area contributed by atoms with Crippen molar-refractivity contribution >= 4 is 0 Å². The molecule has 2 rings (SSSR count). The molecular weight excluding hydrogens is 236 g/mol. The Kier molecular flexibility index (Phi) is 3.65. The maximum atomic E-state index is 13.0. The van der Waals surface area contributed by atoms with E-state index < -0.39 is 12.5 Å². The summed E-state index contributed by atoms with van der Waals surface area (Å²) in [5.41, 5.74) is 0.961. The van der Waals surface area contributed by atoms with Crippen LogP contribution in [0.5, 0.6) is 0 Å². The highest BCUT2D eigenvalue weighted by atomic mass is 19.3. The molecule has 0 unspecified atom stereocenters. The lowest BCUT2D eigenvalue weighted by atomic mass is 10.0. The van der Waals surface area contributed by atoms with E-state index in [2.05, 4.69) is 0 Å². The molecule has 0 aliphatic carbocycles. The third-order valence-electron chi connectivity index (χ3n) is 3.09. The van der Waals surface area contributed by atoms with Gasteiger partial charge in [-0.15, -0.1) is 0 Å². The van der Waals surface area contributed by atoms with Gasteiger partial charge < -0.3 is 10.0 Å². The van der Waals surface area contributed by atoms with Crippen molar-refractivity contribution in [3.8, 4) is 0 Å². The molecule has 0 aromatic heterocycles. The summed E-state index contributed by atoms with van der Waals surface area (Å²) in [6, 6.07) is 8.18. The van der Waals surface area contributed by atoms with Crippen LogP contribution in [0.1, 0.15) is 18.5 Å². The van der Waals surface area contributed by atoms with Gasteiger partial charge in [0.05, 0.1) is 6.04 Å². The molecular formula is C14H15F2NO. The normalized spacial score (nSPS) is 21.0. The zero-order valence-electron chi connectivity index (χ0n) is 10.0. The van der Waals surface area contributed by atoms with Crippen LogP contribution in [-0.2, 0) is 0 Å². The minimum Gasteiger partial charge on any atom is -0.508 e. The smallest absolute Gasteiger partial charge is 0.262 e. The van der Waals surface area contributed by atoms with Gasteiger partial charge in [-0.2, -0.15) is 0 Å². The average molecular weight is 251 g/mol. The van der Waals surface area contributed by atoms with Crippen LogP contribution in [0.2, 0.25) is 0 Å². The number of benzene rings is 1. The van der Waals surface area contributed by atoms with Crippen molar-refractivity contribution in [1.29, 1.82) is 0 Å². The molecule has 0 radical (unpaired) electrons. The fraction of sp³-hybridized carbons (Fsp3) is 0.286. The Bertz CT molecular complexity index is 456. The number of halogens is 2. The van der Waals surface area contributed by atoms with Crippen LogP contribution in [0, 0.1) is 0 Å². The molecule has 96 valence electrons. The zero-order valence-corrected chi connectivity index (χ0v) is 10.0. The molecule has 1 heterocycles. The highest BCUT2D eigenvalue weighted by Gasteiger charge is 2.29. The third-order valence-corrected chi connectivity index (χ3v) is 3.09. The Morgan fingerprint density at radius 3 is 2.50 bits per heavy atom. The molecule has 1 aliphatic heterocycles. The molecule has 1 aromatic rings. The van der Waals surface area contributed by atoms with Crippen LogP contribution in [0.4, 0.5) is 8.78 Å². The van der Waals surface area contributed by atoms with Crippen molar-refractivity contribution in [2.45, 2.75) is 25.4 Å². The van der Waals surface area contributed by atoms with Gasteiger partial charge in [-0.3, -0.25) is 0 Å². The number of hydrogen-bond acceptors (Lipinski definition) is 2. The molecule has 0 bridgehead atoms. The maximum absolute atomic E-state index is 13.0. The molecule has 2 nitrogen and oxygen atoms in total. The van der Waals surface area contributed by atoms with Crippen LogP contribution in [0.15, 0.2) is 54.4 Å². The Hall–Kier alpha value is -1.84. The van der Waals surface area contributed by atoms with Crippen molar-refractivity contribution in [3.63, 3.8) is 0 Å². The minimum atomic E-state index is -2.54. The molecule has 0 saturated carbocycles. The summed E-state index contributed by atoms with van der Waals surface area (Å²) in [7, 11) is 0. The summed E-state index contributed by atoms with van der Waals surface area (Å²) in [5.74, 6) is -0.114. The lowest BCUT2D eigenvalue weighted by Crippen LogP contribution is -2.38. The number of nitrogens with zero attached hydrogens (tertiary/aromatic N) is 1. The minimum absolute atomic E-state index is 0.114. The van der Waals surface area contributed by atoms with Gasteiger partial charge in [-0.25, -0.2) is 8.78 Å². The summed E-state index contributed by atoms with van der Waals surface area (Å²) >= 11 is 0. The third kappa shape index (κ3) is 2.53. The first kappa shape index (κ1) is 12.6. The molecule has 1 aromatic carbocycles. The molecule has 2 atom stereocenters. The van der Waals surface area contributed by atoms with Gasteiger partial charge in [-0.05, 0) is 24.6 Å². The summed E-state index contributed by atoms with van der Waals surface area (Å²) < 4.78 is 26.0. The fourth-order valence-corrected chi connectivity index (χ4v) is 2.07. The van der Waals surface area contributed by atoms with Crippen molar-refractivity contribution in [2.75, 3.05) is 0 Å². The van der Waals surface area contributed by atoms with E-state index in [0.717, 1.165) is 5.56 Å². The topological polar surface area (TPSA) is 23.5 Å². The Morgan fingerprint density at radius 2 is 1.89 bits per heavy atom. The quantitative estimate of drug-likeness (QED) is 0.886. The SMILES string of the molecule is C[C@H](c1ccccc1)N1C=CC(O)=C[C@@H]1C(F)F. The van der Waals surface area contributed by atoms with Gasteiger partial charge in [0, 0.05) is 6.20 Å². The second kappa shape index (κ2) is 5.21. The Balaban J connectivity index is 2.24. The monoisotopic (exact) mass is 251 g/mol. The Labute approximate surface area is 105 Å². The van der Waals surface area contributed by atoms with Gasteiger partial charge in [0.25, 0.3) is 6.43 Å². The van der Waals surface area contributed by atoms with E-state index >= 15 is 0 Å². The first-order chi connectivity index (χ1) is 8.59. The second-order valence-electron chi connectivity index (χ2n) is 4.27. The molecule has 0 saturated heterocycles. The molecule has 0 amide bonds. The first-order valence-electron chi connectivity index (χ1n) is 5.79. The number of hydrogen-bond donors (Lipinski definition) is 1. The summed E-state index contributed by atoms with van der Waals surface area (Å²) in [4.78, 5) is 1.56.